The van der Waals surface area contributed by atoms with Gasteiger partial charge in [0, 0.05) is 27.7 Å². The SMILES string of the molecule is NC(=O)c1ccc(Cl)c(NC(=O)C2CCCN2C(=O)c2cc(Cl)cc(Cl)c2)c1. The van der Waals surface area contributed by atoms with Gasteiger partial charge >= 0.3 is 0 Å². The van der Waals surface area contributed by atoms with E-state index >= 15 is 0 Å². The first-order chi connectivity index (χ1) is 13.3. The third kappa shape index (κ3) is 4.41. The fraction of sp³-hybridized carbons (Fsp3) is 0.211. The average Bonchev–Trinajstić information content (AvgIpc) is 3.11. The Morgan fingerprint density at radius 3 is 2.32 bits per heavy atom. The molecular formula is C19H16Cl3N3O3. The zero-order valence-corrected chi connectivity index (χ0v) is 16.8. The van der Waals surface area contributed by atoms with E-state index in [9.17, 15) is 14.4 Å². The molecular weight excluding hydrogens is 425 g/mol. The van der Waals surface area contributed by atoms with Gasteiger partial charge in [-0.2, -0.15) is 0 Å². The van der Waals surface area contributed by atoms with Crippen LogP contribution in [0.1, 0.15) is 33.6 Å². The molecule has 1 heterocycles. The standard InChI is InChI=1S/C19H16Cl3N3O3/c20-12-6-11(7-13(21)9-12)19(28)25-5-1-2-16(25)18(27)24-15-8-10(17(23)26)3-4-14(15)22/h3-4,6-9,16H,1-2,5H2,(H2,23,26)(H,24,27). The molecule has 2 aromatic carbocycles. The van der Waals surface area contributed by atoms with Crippen molar-refractivity contribution in [3.05, 3.63) is 62.6 Å². The second-order valence-electron chi connectivity index (χ2n) is 6.36. The molecule has 1 fully saturated rings. The fourth-order valence-corrected chi connectivity index (χ4v) is 3.81. The summed E-state index contributed by atoms with van der Waals surface area (Å²) in [6, 6.07) is 8.21. The number of amides is 3. The number of carbonyl (C=O) groups excluding carboxylic acids is 3. The summed E-state index contributed by atoms with van der Waals surface area (Å²) in [5, 5.41) is 3.62. The number of nitrogens with one attached hydrogen (secondary N) is 1. The van der Waals surface area contributed by atoms with Gasteiger partial charge < -0.3 is 16.0 Å². The minimum absolute atomic E-state index is 0.215. The predicted molar refractivity (Wildman–Crippen MR) is 109 cm³/mol. The number of rotatable bonds is 4. The van der Waals surface area contributed by atoms with E-state index in [2.05, 4.69) is 5.32 Å². The number of nitrogens with zero attached hydrogens (tertiary/aromatic N) is 1. The topological polar surface area (TPSA) is 92.5 Å². The van der Waals surface area contributed by atoms with Crippen molar-refractivity contribution < 1.29 is 14.4 Å². The monoisotopic (exact) mass is 439 g/mol. The van der Waals surface area contributed by atoms with Gasteiger partial charge in [0.1, 0.15) is 6.04 Å². The minimum atomic E-state index is -0.682. The molecule has 1 aliphatic rings. The van der Waals surface area contributed by atoms with Crippen molar-refractivity contribution in [2.24, 2.45) is 5.73 Å². The van der Waals surface area contributed by atoms with Crippen molar-refractivity contribution >= 4 is 58.2 Å². The smallest absolute Gasteiger partial charge is 0.254 e. The van der Waals surface area contributed by atoms with E-state index in [-0.39, 0.29) is 22.2 Å². The van der Waals surface area contributed by atoms with Crippen LogP contribution < -0.4 is 11.1 Å². The van der Waals surface area contributed by atoms with Gasteiger partial charge in [-0.05, 0) is 49.2 Å². The molecule has 28 heavy (non-hydrogen) atoms. The third-order valence-corrected chi connectivity index (χ3v) is 5.20. The van der Waals surface area contributed by atoms with E-state index in [0.29, 0.717) is 35.0 Å². The number of hydrogen-bond acceptors (Lipinski definition) is 3. The number of carbonyl (C=O) groups is 3. The van der Waals surface area contributed by atoms with Gasteiger partial charge in [0.2, 0.25) is 11.8 Å². The van der Waals surface area contributed by atoms with Crippen LogP contribution in [0, 0.1) is 0 Å². The van der Waals surface area contributed by atoms with Crippen LogP contribution in [0.25, 0.3) is 0 Å². The first-order valence-electron chi connectivity index (χ1n) is 8.43. The van der Waals surface area contributed by atoms with E-state index in [1.807, 2.05) is 0 Å². The van der Waals surface area contributed by atoms with E-state index < -0.39 is 17.9 Å². The summed E-state index contributed by atoms with van der Waals surface area (Å²) in [6.45, 7) is 0.427. The Kier molecular flexibility index (Phi) is 6.13. The lowest BCUT2D eigenvalue weighted by molar-refractivity contribution is -0.119. The van der Waals surface area contributed by atoms with Crippen LogP contribution in [-0.4, -0.2) is 35.2 Å². The summed E-state index contributed by atoms with van der Waals surface area (Å²) in [7, 11) is 0. The van der Waals surface area contributed by atoms with Crippen LogP contribution >= 0.6 is 34.8 Å². The molecule has 9 heteroatoms. The lowest BCUT2D eigenvalue weighted by Crippen LogP contribution is -2.43. The van der Waals surface area contributed by atoms with Crippen LogP contribution in [0.3, 0.4) is 0 Å². The molecule has 0 saturated carbocycles. The van der Waals surface area contributed by atoms with Gasteiger partial charge in [-0.3, -0.25) is 14.4 Å². The van der Waals surface area contributed by atoms with Crippen molar-refractivity contribution in [3.63, 3.8) is 0 Å². The Morgan fingerprint density at radius 2 is 1.68 bits per heavy atom. The molecule has 2 aromatic rings. The molecule has 3 amide bonds. The molecule has 3 N–H and O–H groups in total. The maximum Gasteiger partial charge on any atom is 0.254 e. The maximum absolute atomic E-state index is 12.9. The molecule has 1 saturated heterocycles. The zero-order chi connectivity index (χ0) is 20.4. The molecule has 1 unspecified atom stereocenters. The van der Waals surface area contributed by atoms with Gasteiger partial charge in [0.25, 0.3) is 5.91 Å². The fourth-order valence-electron chi connectivity index (χ4n) is 3.12. The molecule has 0 aliphatic carbocycles. The molecule has 3 rings (SSSR count). The van der Waals surface area contributed by atoms with Crippen LogP contribution in [0.15, 0.2) is 36.4 Å². The third-order valence-electron chi connectivity index (χ3n) is 4.43. The predicted octanol–water partition coefficient (Wildman–Crippen LogP) is 3.99. The Bertz CT molecular complexity index is 944. The van der Waals surface area contributed by atoms with Gasteiger partial charge in [-0.15, -0.1) is 0 Å². The van der Waals surface area contributed by atoms with Gasteiger partial charge in [-0.1, -0.05) is 34.8 Å². The normalized spacial score (nSPS) is 16.1. The van der Waals surface area contributed by atoms with Crippen molar-refractivity contribution in [1.29, 1.82) is 0 Å². The lowest BCUT2D eigenvalue weighted by Gasteiger charge is -2.24. The molecule has 6 nitrogen and oxygen atoms in total. The summed E-state index contributed by atoms with van der Waals surface area (Å²) in [5.74, 6) is -1.37. The summed E-state index contributed by atoms with van der Waals surface area (Å²) in [6.07, 6.45) is 1.17. The number of anilines is 1. The van der Waals surface area contributed by atoms with Crippen LogP contribution in [0.2, 0.25) is 15.1 Å². The molecule has 0 spiro atoms. The highest BCUT2D eigenvalue weighted by molar-refractivity contribution is 6.35. The Labute approximate surface area is 176 Å². The zero-order valence-electron chi connectivity index (χ0n) is 14.5. The summed E-state index contributed by atoms with van der Waals surface area (Å²) in [4.78, 5) is 38.5. The van der Waals surface area contributed by atoms with E-state index in [0.717, 1.165) is 0 Å². The largest absolute Gasteiger partial charge is 0.366 e. The lowest BCUT2D eigenvalue weighted by atomic mass is 10.1. The van der Waals surface area contributed by atoms with Crippen molar-refractivity contribution in [1.82, 2.24) is 4.90 Å². The number of hydrogen-bond donors (Lipinski definition) is 2. The molecule has 146 valence electrons. The second-order valence-corrected chi connectivity index (χ2v) is 7.64. The van der Waals surface area contributed by atoms with Crippen LogP contribution in [0.4, 0.5) is 5.69 Å². The summed E-state index contributed by atoms with van der Waals surface area (Å²) in [5.41, 5.74) is 6.05. The van der Waals surface area contributed by atoms with Crippen LogP contribution in [-0.2, 0) is 4.79 Å². The molecule has 0 bridgehead atoms. The van der Waals surface area contributed by atoms with Crippen molar-refractivity contribution in [2.45, 2.75) is 18.9 Å². The number of nitrogens with two attached hydrogens (primary N) is 1. The summed E-state index contributed by atoms with van der Waals surface area (Å²) >= 11 is 18.1. The quantitative estimate of drug-likeness (QED) is 0.753. The first kappa shape index (κ1) is 20.5. The minimum Gasteiger partial charge on any atom is -0.366 e. The van der Waals surface area contributed by atoms with E-state index in [1.54, 1.807) is 0 Å². The second kappa shape index (κ2) is 8.39. The Hall–Kier alpha value is -2.28. The van der Waals surface area contributed by atoms with Crippen molar-refractivity contribution in [2.75, 3.05) is 11.9 Å². The number of benzene rings is 2. The molecule has 1 atom stereocenters. The van der Waals surface area contributed by atoms with Gasteiger partial charge in [0.15, 0.2) is 0 Å². The maximum atomic E-state index is 12.9. The first-order valence-corrected chi connectivity index (χ1v) is 9.57. The number of likely N-dealkylation sites (tertiary alicyclic amines) is 1. The molecule has 0 aromatic heterocycles. The van der Waals surface area contributed by atoms with Crippen molar-refractivity contribution in [3.8, 4) is 0 Å². The Morgan fingerprint density at radius 1 is 1.00 bits per heavy atom. The number of halogens is 3. The van der Waals surface area contributed by atoms with E-state index in [1.165, 1.54) is 41.3 Å². The highest BCUT2D eigenvalue weighted by atomic mass is 35.5. The van der Waals surface area contributed by atoms with E-state index in [4.69, 9.17) is 40.5 Å². The number of primary amides is 1. The Balaban J connectivity index is 1.81. The van der Waals surface area contributed by atoms with Gasteiger partial charge in [-0.25, -0.2) is 0 Å². The average molecular weight is 441 g/mol. The highest BCUT2D eigenvalue weighted by Crippen LogP contribution is 2.27. The highest BCUT2D eigenvalue weighted by Gasteiger charge is 2.35. The molecule has 0 radical (unpaired) electrons. The molecule has 1 aliphatic heterocycles. The van der Waals surface area contributed by atoms with Crippen LogP contribution in [0.5, 0.6) is 0 Å². The summed E-state index contributed by atoms with van der Waals surface area (Å²) < 4.78 is 0. The van der Waals surface area contributed by atoms with Gasteiger partial charge in [0.05, 0.1) is 10.7 Å².